The Kier molecular flexibility index (Phi) is 5.44. The maximum atomic E-state index is 12.8. The van der Waals surface area contributed by atoms with Crippen LogP contribution in [-0.2, 0) is 16.2 Å². The van der Waals surface area contributed by atoms with Crippen molar-refractivity contribution in [2.75, 3.05) is 19.6 Å². The lowest BCUT2D eigenvalue weighted by atomic mass is 10.2. The van der Waals surface area contributed by atoms with E-state index in [9.17, 15) is 26.4 Å². The van der Waals surface area contributed by atoms with E-state index in [2.05, 4.69) is 4.98 Å². The molecule has 0 spiro atoms. The van der Waals surface area contributed by atoms with Crippen molar-refractivity contribution in [1.29, 1.82) is 0 Å². The van der Waals surface area contributed by atoms with Crippen molar-refractivity contribution >= 4 is 15.9 Å². The topological polar surface area (TPSA) is 70.6 Å². The summed E-state index contributed by atoms with van der Waals surface area (Å²) >= 11 is 0. The van der Waals surface area contributed by atoms with Gasteiger partial charge in [0.1, 0.15) is 5.69 Å². The van der Waals surface area contributed by atoms with E-state index in [1.54, 1.807) is 30.0 Å². The van der Waals surface area contributed by atoms with Gasteiger partial charge in [0.05, 0.1) is 10.5 Å². The molecule has 2 aromatic rings. The zero-order chi connectivity index (χ0) is 20.5. The number of rotatable bonds is 3. The van der Waals surface area contributed by atoms with Gasteiger partial charge in [-0.25, -0.2) is 8.42 Å². The quantitative estimate of drug-likeness (QED) is 0.776. The van der Waals surface area contributed by atoms with Crippen LogP contribution in [0.25, 0.3) is 0 Å². The van der Waals surface area contributed by atoms with E-state index < -0.39 is 27.8 Å². The predicted molar refractivity (Wildman–Crippen MR) is 94.9 cm³/mol. The summed E-state index contributed by atoms with van der Waals surface area (Å²) in [5.74, 6) is -0.292. The summed E-state index contributed by atoms with van der Waals surface area (Å²) < 4.78 is 64.8. The van der Waals surface area contributed by atoms with Gasteiger partial charge in [-0.05, 0) is 43.3 Å². The standard InChI is InChI=1S/C18H18F3N3O3S/c1-13-12-23(10-11-24(13)17(25)16-4-2-3-9-22-16)28(26,27)15-7-5-14(6-8-15)18(19,20)21/h2-9,13H,10-12H2,1H3. The molecule has 1 aromatic carbocycles. The molecule has 0 saturated carbocycles. The first-order valence-corrected chi connectivity index (χ1v) is 9.94. The highest BCUT2D eigenvalue weighted by molar-refractivity contribution is 7.89. The molecule has 1 unspecified atom stereocenters. The normalized spacial score (nSPS) is 18.9. The molecule has 6 nitrogen and oxygen atoms in total. The van der Waals surface area contributed by atoms with Gasteiger partial charge in [0, 0.05) is 31.9 Å². The van der Waals surface area contributed by atoms with E-state index in [0.29, 0.717) is 0 Å². The number of hydrogen-bond acceptors (Lipinski definition) is 4. The Morgan fingerprint density at radius 3 is 2.32 bits per heavy atom. The zero-order valence-corrected chi connectivity index (χ0v) is 15.7. The Morgan fingerprint density at radius 1 is 1.11 bits per heavy atom. The van der Waals surface area contributed by atoms with Crippen LogP contribution in [0.1, 0.15) is 23.0 Å². The minimum atomic E-state index is -4.53. The molecule has 10 heteroatoms. The van der Waals surface area contributed by atoms with Gasteiger partial charge in [-0.1, -0.05) is 6.07 Å². The van der Waals surface area contributed by atoms with Crippen LogP contribution in [0.2, 0.25) is 0 Å². The number of carbonyl (C=O) groups excluding carboxylic acids is 1. The average Bonchev–Trinajstić information content (AvgIpc) is 2.67. The van der Waals surface area contributed by atoms with Crippen LogP contribution in [0, 0.1) is 0 Å². The Bertz CT molecular complexity index is 948. The molecule has 1 amide bonds. The van der Waals surface area contributed by atoms with Crippen molar-refractivity contribution in [2.24, 2.45) is 0 Å². The fraction of sp³-hybridized carbons (Fsp3) is 0.333. The lowest BCUT2D eigenvalue weighted by molar-refractivity contribution is -0.137. The highest BCUT2D eigenvalue weighted by atomic mass is 32.2. The van der Waals surface area contributed by atoms with Crippen LogP contribution >= 0.6 is 0 Å². The van der Waals surface area contributed by atoms with Gasteiger partial charge >= 0.3 is 6.18 Å². The van der Waals surface area contributed by atoms with Crippen LogP contribution in [0.15, 0.2) is 53.6 Å². The highest BCUT2D eigenvalue weighted by Crippen LogP contribution is 2.30. The lowest BCUT2D eigenvalue weighted by Gasteiger charge is -2.39. The zero-order valence-electron chi connectivity index (χ0n) is 14.9. The van der Waals surface area contributed by atoms with Crippen LogP contribution in [0.4, 0.5) is 13.2 Å². The van der Waals surface area contributed by atoms with Crippen LogP contribution in [-0.4, -0.2) is 54.2 Å². The van der Waals surface area contributed by atoms with Gasteiger partial charge < -0.3 is 4.90 Å². The summed E-state index contributed by atoms with van der Waals surface area (Å²) in [5.41, 5.74) is -0.640. The molecule has 28 heavy (non-hydrogen) atoms. The number of piperazine rings is 1. The predicted octanol–water partition coefficient (Wildman–Crippen LogP) is 2.64. The minimum Gasteiger partial charge on any atom is -0.332 e. The van der Waals surface area contributed by atoms with Crippen molar-refractivity contribution in [3.63, 3.8) is 0 Å². The number of carbonyl (C=O) groups is 1. The van der Waals surface area contributed by atoms with Crippen molar-refractivity contribution in [1.82, 2.24) is 14.2 Å². The molecule has 150 valence electrons. The Hall–Kier alpha value is -2.46. The van der Waals surface area contributed by atoms with Crippen LogP contribution in [0.3, 0.4) is 0 Å². The van der Waals surface area contributed by atoms with Crippen LogP contribution < -0.4 is 0 Å². The Balaban J connectivity index is 1.74. The van der Waals surface area contributed by atoms with E-state index in [-0.39, 0.29) is 36.1 Å². The smallest absolute Gasteiger partial charge is 0.332 e. The number of halogens is 3. The molecule has 3 rings (SSSR count). The molecule has 0 N–H and O–H groups in total. The third kappa shape index (κ3) is 4.02. The molecule has 0 aliphatic carbocycles. The second-order valence-electron chi connectivity index (χ2n) is 6.45. The first-order chi connectivity index (χ1) is 13.1. The summed E-state index contributed by atoms with van der Waals surface area (Å²) in [6.07, 6.45) is -3.03. The lowest BCUT2D eigenvalue weighted by Crippen LogP contribution is -2.55. The number of benzene rings is 1. The monoisotopic (exact) mass is 413 g/mol. The molecule has 1 aliphatic rings. The van der Waals surface area contributed by atoms with E-state index in [4.69, 9.17) is 0 Å². The summed E-state index contributed by atoms with van der Waals surface area (Å²) in [4.78, 5) is 17.9. The SMILES string of the molecule is CC1CN(S(=O)(=O)c2ccc(C(F)(F)F)cc2)CCN1C(=O)c1ccccn1. The van der Waals surface area contributed by atoms with Crippen molar-refractivity contribution in [3.05, 3.63) is 59.9 Å². The largest absolute Gasteiger partial charge is 0.416 e. The number of pyridine rings is 1. The molecule has 1 saturated heterocycles. The molecule has 1 aromatic heterocycles. The summed E-state index contributed by atoms with van der Waals surface area (Å²) in [7, 11) is -3.96. The highest BCUT2D eigenvalue weighted by Gasteiger charge is 2.36. The summed E-state index contributed by atoms with van der Waals surface area (Å²) in [5, 5.41) is 0. The first-order valence-electron chi connectivity index (χ1n) is 8.50. The second kappa shape index (κ2) is 7.51. The van der Waals surface area contributed by atoms with Crippen molar-refractivity contribution in [2.45, 2.75) is 24.0 Å². The van der Waals surface area contributed by atoms with Crippen LogP contribution in [0.5, 0.6) is 0 Å². The van der Waals surface area contributed by atoms with Gasteiger partial charge in [-0.3, -0.25) is 9.78 Å². The maximum absolute atomic E-state index is 12.8. The fourth-order valence-corrected chi connectivity index (χ4v) is 4.56. The second-order valence-corrected chi connectivity index (χ2v) is 8.39. The molecular weight excluding hydrogens is 395 g/mol. The Morgan fingerprint density at radius 2 is 1.79 bits per heavy atom. The fourth-order valence-electron chi connectivity index (χ4n) is 3.05. The van der Waals surface area contributed by atoms with E-state index in [1.807, 2.05) is 0 Å². The molecular formula is C18H18F3N3O3S. The number of nitrogens with zero attached hydrogens (tertiary/aromatic N) is 3. The van der Waals surface area contributed by atoms with Gasteiger partial charge in [-0.2, -0.15) is 17.5 Å². The molecule has 2 heterocycles. The number of hydrogen-bond donors (Lipinski definition) is 0. The van der Waals surface area contributed by atoms with E-state index in [0.717, 1.165) is 24.3 Å². The number of amides is 1. The van der Waals surface area contributed by atoms with E-state index in [1.165, 1.54) is 10.5 Å². The first kappa shape index (κ1) is 20.3. The van der Waals surface area contributed by atoms with E-state index >= 15 is 0 Å². The minimum absolute atomic E-state index is 0.0436. The van der Waals surface area contributed by atoms with Gasteiger partial charge in [0.25, 0.3) is 5.91 Å². The Labute approximate surface area is 160 Å². The summed E-state index contributed by atoms with van der Waals surface area (Å²) in [6, 6.07) is 7.95. The van der Waals surface area contributed by atoms with Gasteiger partial charge in [-0.15, -0.1) is 0 Å². The summed E-state index contributed by atoms with van der Waals surface area (Å²) in [6.45, 7) is 1.97. The molecule has 0 radical (unpaired) electrons. The van der Waals surface area contributed by atoms with Crippen molar-refractivity contribution in [3.8, 4) is 0 Å². The molecule has 1 aliphatic heterocycles. The third-order valence-corrected chi connectivity index (χ3v) is 6.43. The molecule has 1 atom stereocenters. The van der Waals surface area contributed by atoms with Gasteiger partial charge in [0.2, 0.25) is 10.0 Å². The number of aromatic nitrogens is 1. The van der Waals surface area contributed by atoms with Gasteiger partial charge in [0.15, 0.2) is 0 Å². The molecule has 1 fully saturated rings. The number of sulfonamides is 1. The maximum Gasteiger partial charge on any atom is 0.416 e. The third-order valence-electron chi connectivity index (χ3n) is 4.55. The van der Waals surface area contributed by atoms with Crippen molar-refractivity contribution < 1.29 is 26.4 Å². The molecule has 0 bridgehead atoms. The average molecular weight is 413 g/mol. The number of alkyl halides is 3.